The number of ether oxygens (including phenoxy) is 2. The number of rotatable bonds is 8. The summed E-state index contributed by atoms with van der Waals surface area (Å²) >= 11 is 1.41. The lowest BCUT2D eigenvalue weighted by Crippen LogP contribution is -2.56. The molecule has 2 fully saturated rings. The lowest BCUT2D eigenvalue weighted by molar-refractivity contribution is -0.135. The average molecular weight is 621 g/mol. The molecule has 0 radical (unpaired) electrons. The number of hydrogen-bond acceptors (Lipinski definition) is 9. The van der Waals surface area contributed by atoms with Crippen molar-refractivity contribution in [2.45, 2.75) is 22.1 Å². The first-order valence-corrected chi connectivity index (χ1v) is 15.4. The molecule has 4 aromatic rings. The molecule has 1 aromatic heterocycles. The van der Waals surface area contributed by atoms with Crippen molar-refractivity contribution in [3.05, 3.63) is 102 Å². The van der Waals surface area contributed by atoms with E-state index in [2.05, 4.69) is 20.9 Å². The topological polar surface area (TPSA) is 112 Å². The number of carbonyl (C=O) groups excluding carboxylic acids is 2. The number of benzene rings is 3. The van der Waals surface area contributed by atoms with Crippen LogP contribution in [0.5, 0.6) is 11.5 Å². The van der Waals surface area contributed by atoms with Crippen LogP contribution >= 0.6 is 11.8 Å². The maximum atomic E-state index is 15.0. The zero-order valence-corrected chi connectivity index (χ0v) is 25.8. The van der Waals surface area contributed by atoms with Gasteiger partial charge in [0.1, 0.15) is 16.2 Å². The van der Waals surface area contributed by atoms with Crippen LogP contribution in [0.15, 0.2) is 96.2 Å². The largest absolute Gasteiger partial charge is 0.497 e. The van der Waals surface area contributed by atoms with E-state index in [9.17, 15) is 10.1 Å². The Labute approximate surface area is 266 Å². The number of carbonyl (C=O) groups is 2. The van der Waals surface area contributed by atoms with Gasteiger partial charge in [-0.05, 0) is 72.3 Å². The van der Waals surface area contributed by atoms with Gasteiger partial charge in [0.25, 0.3) is 0 Å². The third-order valence-electron chi connectivity index (χ3n) is 8.21. The van der Waals surface area contributed by atoms with Crippen LogP contribution in [0.1, 0.15) is 23.6 Å². The minimum Gasteiger partial charge on any atom is -0.497 e. The van der Waals surface area contributed by atoms with Crippen molar-refractivity contribution in [1.29, 1.82) is 5.26 Å². The van der Waals surface area contributed by atoms with Crippen LogP contribution in [-0.4, -0.2) is 71.8 Å². The Morgan fingerprint density at radius 3 is 2.07 bits per heavy atom. The molecule has 6 rings (SSSR count). The predicted molar refractivity (Wildman–Crippen MR) is 171 cm³/mol. The molecule has 0 bridgehead atoms. The number of anilines is 2. The van der Waals surface area contributed by atoms with Crippen molar-refractivity contribution >= 4 is 35.2 Å². The summed E-state index contributed by atoms with van der Waals surface area (Å²) in [5.74, 6) is 1.72. The van der Waals surface area contributed by atoms with Crippen LogP contribution in [0.4, 0.5) is 11.6 Å². The molecule has 2 amide bonds. The summed E-state index contributed by atoms with van der Waals surface area (Å²) in [5, 5.41) is 9.40. The zero-order valence-electron chi connectivity index (χ0n) is 25.0. The number of amides is 2. The monoisotopic (exact) mass is 620 g/mol. The van der Waals surface area contributed by atoms with E-state index < -0.39 is 10.8 Å². The van der Waals surface area contributed by atoms with Gasteiger partial charge in [0.2, 0.25) is 17.8 Å². The van der Waals surface area contributed by atoms with Gasteiger partial charge in [0.05, 0.1) is 38.3 Å². The highest BCUT2D eigenvalue weighted by Crippen LogP contribution is 2.55. The fourth-order valence-electron chi connectivity index (χ4n) is 5.97. The molecule has 0 aliphatic carbocycles. The van der Waals surface area contributed by atoms with Gasteiger partial charge in [-0.15, -0.1) is 11.8 Å². The van der Waals surface area contributed by atoms with Crippen molar-refractivity contribution in [2.75, 3.05) is 50.2 Å². The molecule has 0 N–H and O–H groups in total. The first kappa shape index (κ1) is 30.0. The molecule has 2 atom stereocenters. The lowest BCUT2D eigenvalue weighted by atomic mass is 9.90. The van der Waals surface area contributed by atoms with E-state index in [-0.39, 0.29) is 18.2 Å². The molecule has 228 valence electrons. The minimum absolute atomic E-state index is 0.0127. The second-order valence-corrected chi connectivity index (χ2v) is 12.2. The lowest BCUT2D eigenvalue weighted by Gasteiger charge is -2.42. The number of thioether (sulfide) groups is 1. The summed E-state index contributed by atoms with van der Waals surface area (Å²) in [6.07, 6.45) is 3.41. The number of aromatic nitrogens is 2. The van der Waals surface area contributed by atoms with Crippen LogP contribution in [0, 0.1) is 11.3 Å². The van der Waals surface area contributed by atoms with Gasteiger partial charge in [-0.3, -0.25) is 9.59 Å². The van der Waals surface area contributed by atoms with Gasteiger partial charge >= 0.3 is 0 Å². The van der Waals surface area contributed by atoms with Crippen LogP contribution in [0.25, 0.3) is 0 Å². The minimum atomic E-state index is -1.21. The summed E-state index contributed by atoms with van der Waals surface area (Å²) in [7, 11) is 3.21. The fraction of sp³-hybridized carbons (Fsp3) is 0.265. The molecule has 2 aliphatic rings. The Morgan fingerprint density at radius 2 is 1.49 bits per heavy atom. The second kappa shape index (κ2) is 12.9. The van der Waals surface area contributed by atoms with Gasteiger partial charge in [-0.25, -0.2) is 9.97 Å². The summed E-state index contributed by atoms with van der Waals surface area (Å²) in [6.45, 7) is 2.06. The Bertz CT molecular complexity index is 1690. The molecule has 0 saturated carbocycles. The third-order valence-corrected chi connectivity index (χ3v) is 9.63. The van der Waals surface area contributed by atoms with Crippen LogP contribution in [0.3, 0.4) is 0 Å². The van der Waals surface area contributed by atoms with E-state index in [0.717, 1.165) is 10.5 Å². The van der Waals surface area contributed by atoms with E-state index in [0.29, 0.717) is 54.9 Å². The number of hydrogen-bond donors (Lipinski definition) is 0. The quantitative estimate of drug-likeness (QED) is 0.276. The molecule has 45 heavy (non-hydrogen) atoms. The summed E-state index contributed by atoms with van der Waals surface area (Å²) in [4.78, 5) is 44.4. The maximum Gasteiger partial charge on any atom is 0.242 e. The van der Waals surface area contributed by atoms with Crippen LogP contribution < -0.4 is 19.3 Å². The summed E-state index contributed by atoms with van der Waals surface area (Å²) in [5.41, 5.74) is 1.91. The van der Waals surface area contributed by atoms with E-state index in [1.165, 1.54) is 11.8 Å². The number of nitrogens with zero attached hydrogens (tertiary/aromatic N) is 6. The van der Waals surface area contributed by atoms with Crippen molar-refractivity contribution < 1.29 is 19.1 Å². The highest BCUT2D eigenvalue weighted by Gasteiger charge is 2.59. The maximum absolute atomic E-state index is 15.0. The highest BCUT2D eigenvalue weighted by molar-refractivity contribution is 8.01. The Kier molecular flexibility index (Phi) is 8.58. The van der Waals surface area contributed by atoms with Crippen molar-refractivity contribution in [2.24, 2.45) is 0 Å². The molecule has 2 saturated heterocycles. The molecular weight excluding hydrogens is 588 g/mol. The molecule has 2 aliphatic heterocycles. The van der Waals surface area contributed by atoms with Crippen molar-refractivity contribution in [3.63, 3.8) is 0 Å². The van der Waals surface area contributed by atoms with E-state index in [1.807, 2.05) is 53.4 Å². The van der Waals surface area contributed by atoms with E-state index >= 15 is 4.79 Å². The van der Waals surface area contributed by atoms with E-state index in [4.69, 9.17) is 9.47 Å². The molecule has 0 spiro atoms. The van der Waals surface area contributed by atoms with Gasteiger partial charge in [-0.1, -0.05) is 12.1 Å². The van der Waals surface area contributed by atoms with Gasteiger partial charge in [0, 0.05) is 49.2 Å². The zero-order chi connectivity index (χ0) is 31.4. The van der Waals surface area contributed by atoms with Crippen LogP contribution in [-0.2, 0) is 9.59 Å². The number of piperazine rings is 1. The summed E-state index contributed by atoms with van der Waals surface area (Å²) in [6, 6.07) is 25.3. The van der Waals surface area contributed by atoms with Gasteiger partial charge in [-0.2, -0.15) is 5.26 Å². The molecule has 10 nitrogen and oxygen atoms in total. The number of nitriles is 1. The molecule has 11 heteroatoms. The van der Waals surface area contributed by atoms with Crippen LogP contribution in [0.2, 0.25) is 0 Å². The predicted octanol–water partition coefficient (Wildman–Crippen LogP) is 4.72. The highest BCUT2D eigenvalue weighted by atomic mass is 32.2. The molecule has 3 aromatic carbocycles. The SMILES string of the molecule is COc1ccc(S[C@]2(C(=O)N3CCN(c4ncccn4)CC3)CC(=O)N(c3ccc(C#N)cc3)[C@@H]2c2ccc(OC)cc2)cc1. The number of methoxy groups -OCH3 is 2. The second-order valence-electron chi connectivity index (χ2n) is 10.8. The van der Waals surface area contributed by atoms with Gasteiger partial charge in [0.15, 0.2) is 0 Å². The Balaban J connectivity index is 1.44. The Morgan fingerprint density at radius 1 is 0.889 bits per heavy atom. The first-order chi connectivity index (χ1) is 22.0. The third kappa shape index (κ3) is 5.89. The normalized spacial score (nSPS) is 19.7. The smallest absolute Gasteiger partial charge is 0.242 e. The van der Waals surface area contributed by atoms with E-state index in [1.54, 1.807) is 61.8 Å². The Hall–Kier alpha value is -5.08. The molecule has 0 unspecified atom stereocenters. The summed E-state index contributed by atoms with van der Waals surface area (Å²) < 4.78 is 9.60. The first-order valence-electron chi connectivity index (χ1n) is 14.6. The molecular formula is C34H32N6O4S. The van der Waals surface area contributed by atoms with Crippen molar-refractivity contribution in [1.82, 2.24) is 14.9 Å². The van der Waals surface area contributed by atoms with Crippen molar-refractivity contribution in [3.8, 4) is 17.6 Å². The fourth-order valence-corrected chi connectivity index (χ4v) is 7.43. The standard InChI is InChI=1S/C34H32N6O4S/c1-43-27-10-6-25(7-11-27)31-34(45-29-14-12-28(44-2)13-15-29,22-30(41)40(31)26-8-4-24(23-35)5-9-26)32(42)38-18-20-39(21-19-38)33-36-16-3-17-37-33/h3-17,31H,18-22H2,1-2H3/t31-,34-/m1/s1. The van der Waals surface area contributed by atoms with Gasteiger partial charge < -0.3 is 24.2 Å². The average Bonchev–Trinajstić information content (AvgIpc) is 3.40. The molecule has 3 heterocycles.